The van der Waals surface area contributed by atoms with E-state index in [0.29, 0.717) is 25.4 Å². The van der Waals surface area contributed by atoms with Crippen LogP contribution in [0.3, 0.4) is 0 Å². The molecule has 8 heteroatoms. The first-order valence-corrected chi connectivity index (χ1v) is 7.08. The molecule has 1 aliphatic rings. The van der Waals surface area contributed by atoms with E-state index in [-0.39, 0.29) is 24.0 Å². The number of amides is 1. The van der Waals surface area contributed by atoms with Crippen molar-refractivity contribution < 1.29 is 9.53 Å². The van der Waals surface area contributed by atoms with Gasteiger partial charge >= 0.3 is 0 Å². The number of hydrogen-bond donors (Lipinski definition) is 3. The number of ether oxygens (including phenoxy) is 1. The summed E-state index contributed by atoms with van der Waals surface area (Å²) in [4.78, 5) is 12.1. The Kier molecular flexibility index (Phi) is 5.42. The van der Waals surface area contributed by atoms with Gasteiger partial charge in [0.25, 0.3) is 0 Å². The third-order valence-electron chi connectivity index (χ3n) is 3.56. The average Bonchev–Trinajstić information content (AvgIpc) is 2.97. The maximum atomic E-state index is 12.1. The normalized spacial score (nSPS) is 26.4. The monoisotopic (exact) mass is 282 g/mol. The lowest BCUT2D eigenvalue weighted by Crippen LogP contribution is -2.45. The molecule has 0 bridgehead atoms. The molecule has 1 heterocycles. The molecule has 20 heavy (non-hydrogen) atoms. The topological polar surface area (TPSA) is 119 Å². The lowest BCUT2D eigenvalue weighted by atomic mass is 9.83. The number of H-pyrrole nitrogens is 1. The van der Waals surface area contributed by atoms with E-state index in [2.05, 4.69) is 32.9 Å². The fourth-order valence-electron chi connectivity index (χ4n) is 2.42. The number of aromatic amines is 1. The molecule has 1 aromatic heterocycles. The smallest absolute Gasteiger partial charge is 0.223 e. The van der Waals surface area contributed by atoms with Gasteiger partial charge in [0.2, 0.25) is 5.91 Å². The van der Waals surface area contributed by atoms with E-state index in [4.69, 9.17) is 10.5 Å². The summed E-state index contributed by atoms with van der Waals surface area (Å²) in [7, 11) is 0. The third kappa shape index (κ3) is 3.97. The zero-order valence-corrected chi connectivity index (χ0v) is 11.7. The van der Waals surface area contributed by atoms with Gasteiger partial charge in [-0.05, 0) is 25.7 Å². The lowest BCUT2D eigenvalue weighted by Gasteiger charge is -2.33. The van der Waals surface area contributed by atoms with Crippen molar-refractivity contribution in [3.05, 3.63) is 5.82 Å². The van der Waals surface area contributed by atoms with Crippen molar-refractivity contribution >= 4 is 5.91 Å². The SMILES string of the molecule is CCCO[C@H]1C[C@@H](C(=O)NCc2nn[nH]n2)CC[C@@H]1N. The highest BCUT2D eigenvalue weighted by Gasteiger charge is 2.32. The number of rotatable bonds is 6. The lowest BCUT2D eigenvalue weighted by molar-refractivity contribution is -0.128. The van der Waals surface area contributed by atoms with Crippen LogP contribution in [-0.4, -0.2) is 45.3 Å². The summed E-state index contributed by atoms with van der Waals surface area (Å²) in [5.74, 6) is 0.431. The first-order valence-electron chi connectivity index (χ1n) is 7.08. The molecule has 0 saturated heterocycles. The maximum absolute atomic E-state index is 12.1. The first-order chi connectivity index (χ1) is 9.70. The number of carbonyl (C=O) groups excluding carboxylic acids is 1. The van der Waals surface area contributed by atoms with Crippen LogP contribution in [0, 0.1) is 5.92 Å². The van der Waals surface area contributed by atoms with E-state index >= 15 is 0 Å². The summed E-state index contributed by atoms with van der Waals surface area (Å²) in [6.45, 7) is 3.04. The molecule has 3 atom stereocenters. The van der Waals surface area contributed by atoms with Crippen molar-refractivity contribution in [1.82, 2.24) is 25.9 Å². The highest BCUT2D eigenvalue weighted by molar-refractivity contribution is 5.78. The second-order valence-corrected chi connectivity index (χ2v) is 5.13. The second kappa shape index (κ2) is 7.30. The largest absolute Gasteiger partial charge is 0.377 e. The van der Waals surface area contributed by atoms with Crippen molar-refractivity contribution in [2.75, 3.05) is 6.61 Å². The number of nitrogens with zero attached hydrogens (tertiary/aromatic N) is 3. The first kappa shape index (κ1) is 14.9. The van der Waals surface area contributed by atoms with Crippen molar-refractivity contribution in [2.45, 2.75) is 51.3 Å². The number of nitrogens with one attached hydrogen (secondary N) is 2. The van der Waals surface area contributed by atoms with Crippen LogP contribution in [0.15, 0.2) is 0 Å². The molecule has 112 valence electrons. The Morgan fingerprint density at radius 2 is 2.40 bits per heavy atom. The number of aromatic nitrogens is 4. The quantitative estimate of drug-likeness (QED) is 0.661. The fraction of sp³-hybridized carbons (Fsp3) is 0.833. The number of nitrogens with two attached hydrogens (primary N) is 1. The minimum Gasteiger partial charge on any atom is -0.377 e. The van der Waals surface area contributed by atoms with Crippen molar-refractivity contribution in [3.63, 3.8) is 0 Å². The molecule has 4 N–H and O–H groups in total. The number of hydrogen-bond acceptors (Lipinski definition) is 6. The highest BCUT2D eigenvalue weighted by Crippen LogP contribution is 2.26. The van der Waals surface area contributed by atoms with Crippen LogP contribution in [0.4, 0.5) is 0 Å². The van der Waals surface area contributed by atoms with Crippen LogP contribution in [-0.2, 0) is 16.1 Å². The molecule has 1 aromatic rings. The zero-order chi connectivity index (χ0) is 14.4. The van der Waals surface area contributed by atoms with Gasteiger partial charge in [0, 0.05) is 18.6 Å². The van der Waals surface area contributed by atoms with E-state index in [0.717, 1.165) is 19.3 Å². The molecule has 1 amide bonds. The maximum Gasteiger partial charge on any atom is 0.223 e. The zero-order valence-electron chi connectivity index (χ0n) is 11.7. The van der Waals surface area contributed by atoms with E-state index in [1.54, 1.807) is 0 Å². The minimum atomic E-state index is -0.0523. The summed E-state index contributed by atoms with van der Waals surface area (Å²) >= 11 is 0. The van der Waals surface area contributed by atoms with Crippen molar-refractivity contribution in [2.24, 2.45) is 11.7 Å². The molecule has 1 fully saturated rings. The van der Waals surface area contributed by atoms with Gasteiger partial charge in [-0.2, -0.15) is 5.21 Å². The molecule has 1 aliphatic carbocycles. The molecule has 0 radical (unpaired) electrons. The fourth-order valence-corrected chi connectivity index (χ4v) is 2.42. The summed E-state index contributed by atoms with van der Waals surface area (Å²) in [6.07, 6.45) is 3.22. The molecule has 0 aliphatic heterocycles. The standard InChI is InChI=1S/C12H22N6O2/c1-2-5-20-10-6-8(3-4-9(10)13)12(19)14-7-11-15-17-18-16-11/h8-10H,2-7,13H2,1H3,(H,14,19)(H,15,16,17,18)/t8-,9-,10-/m0/s1. The average molecular weight is 282 g/mol. The van der Waals surface area contributed by atoms with Gasteiger partial charge in [0.15, 0.2) is 5.82 Å². The predicted octanol–water partition coefficient (Wildman–Crippen LogP) is -0.261. The van der Waals surface area contributed by atoms with Crippen LogP contribution in [0.2, 0.25) is 0 Å². The van der Waals surface area contributed by atoms with Gasteiger partial charge in [-0.3, -0.25) is 4.79 Å². The van der Waals surface area contributed by atoms with Crippen LogP contribution < -0.4 is 11.1 Å². The number of tetrazole rings is 1. The van der Waals surface area contributed by atoms with Crippen LogP contribution in [0.25, 0.3) is 0 Å². The van der Waals surface area contributed by atoms with Crippen molar-refractivity contribution in [1.29, 1.82) is 0 Å². The molecule has 0 spiro atoms. The van der Waals surface area contributed by atoms with E-state index in [1.807, 2.05) is 0 Å². The molecular formula is C12H22N6O2. The Morgan fingerprint density at radius 3 is 3.10 bits per heavy atom. The summed E-state index contributed by atoms with van der Waals surface area (Å²) in [5, 5.41) is 16.2. The molecule has 0 aromatic carbocycles. The molecular weight excluding hydrogens is 260 g/mol. The van der Waals surface area contributed by atoms with Gasteiger partial charge in [-0.1, -0.05) is 12.1 Å². The summed E-state index contributed by atoms with van der Waals surface area (Å²) in [6, 6.07) is 0.0304. The predicted molar refractivity (Wildman–Crippen MR) is 71.4 cm³/mol. The number of carbonyl (C=O) groups is 1. The molecule has 8 nitrogen and oxygen atoms in total. The highest BCUT2D eigenvalue weighted by atomic mass is 16.5. The van der Waals surface area contributed by atoms with Crippen LogP contribution in [0.5, 0.6) is 0 Å². The summed E-state index contributed by atoms with van der Waals surface area (Å²) < 4.78 is 5.73. The van der Waals surface area contributed by atoms with E-state index < -0.39 is 0 Å². The van der Waals surface area contributed by atoms with Gasteiger partial charge in [-0.15, -0.1) is 10.2 Å². The Morgan fingerprint density at radius 1 is 1.55 bits per heavy atom. The van der Waals surface area contributed by atoms with Crippen molar-refractivity contribution in [3.8, 4) is 0 Å². The minimum absolute atomic E-state index is 0.00629. The molecule has 0 unspecified atom stereocenters. The Hall–Kier alpha value is -1.54. The molecule has 2 rings (SSSR count). The van der Waals surface area contributed by atoms with Gasteiger partial charge < -0.3 is 15.8 Å². The van der Waals surface area contributed by atoms with E-state index in [1.165, 1.54) is 0 Å². The van der Waals surface area contributed by atoms with Gasteiger partial charge in [0.05, 0.1) is 12.6 Å². The Labute approximate surface area is 117 Å². The van der Waals surface area contributed by atoms with E-state index in [9.17, 15) is 4.79 Å². The summed E-state index contributed by atoms with van der Waals surface area (Å²) in [5.41, 5.74) is 6.04. The van der Waals surface area contributed by atoms with Crippen LogP contribution in [0.1, 0.15) is 38.4 Å². The van der Waals surface area contributed by atoms with Gasteiger partial charge in [0.1, 0.15) is 0 Å². The Balaban J connectivity index is 1.80. The second-order valence-electron chi connectivity index (χ2n) is 5.13. The third-order valence-corrected chi connectivity index (χ3v) is 3.56. The Bertz CT molecular complexity index is 410. The van der Waals surface area contributed by atoms with Gasteiger partial charge in [-0.25, -0.2) is 0 Å². The molecule has 1 saturated carbocycles. The van der Waals surface area contributed by atoms with Crippen LogP contribution >= 0.6 is 0 Å².